The first-order chi connectivity index (χ1) is 35.9. The van der Waals surface area contributed by atoms with Crippen molar-refractivity contribution in [2.45, 2.75) is 32.6 Å². The minimum absolute atomic E-state index is 0.205. The first-order valence-corrected chi connectivity index (χ1v) is 25.7. The van der Waals surface area contributed by atoms with Crippen LogP contribution < -0.4 is 9.80 Å². The van der Waals surface area contributed by atoms with Gasteiger partial charge in [0.1, 0.15) is 12.4 Å². The number of esters is 1. The predicted octanol–water partition coefficient (Wildman–Crippen LogP) is 17.3. The maximum atomic E-state index is 12.3. The summed E-state index contributed by atoms with van der Waals surface area (Å²) in [7, 11) is 1.60. The average molecular weight is 971 g/mol. The summed E-state index contributed by atoms with van der Waals surface area (Å²) in [5.74, 6) is -0.0161. The molecule has 0 amide bonds. The highest BCUT2D eigenvalue weighted by Crippen LogP contribution is 2.43. The highest BCUT2D eigenvalue weighted by Gasteiger charge is 2.19. The van der Waals surface area contributed by atoms with E-state index in [9.17, 15) is 9.59 Å². The van der Waals surface area contributed by atoms with Crippen molar-refractivity contribution in [2.75, 3.05) is 30.1 Å². The monoisotopic (exact) mass is 970 g/mol. The van der Waals surface area contributed by atoms with Gasteiger partial charge in [-0.3, -0.25) is 4.79 Å². The van der Waals surface area contributed by atoms with E-state index in [0.717, 1.165) is 68.2 Å². The minimum Gasteiger partial charge on any atom is -0.463 e. The van der Waals surface area contributed by atoms with Crippen molar-refractivity contribution in [1.82, 2.24) is 0 Å². The van der Waals surface area contributed by atoms with E-state index in [0.29, 0.717) is 25.9 Å². The number of aryl methyl sites for hydroxylation is 2. The number of carbonyl (C=O) groups excluding carboxylic acids is 2. The molecule has 0 fully saturated rings. The van der Waals surface area contributed by atoms with Gasteiger partial charge in [0.15, 0.2) is 0 Å². The molecule has 0 N–H and O–H groups in total. The van der Waals surface area contributed by atoms with Crippen molar-refractivity contribution in [3.05, 3.63) is 230 Å². The van der Waals surface area contributed by atoms with Gasteiger partial charge in [-0.25, -0.2) is 0 Å². The van der Waals surface area contributed by atoms with Crippen LogP contribution in [0, 0.1) is 0 Å². The van der Waals surface area contributed by atoms with Crippen LogP contribution in [0.4, 0.5) is 34.1 Å². The number of fused-ring (bicyclic) bond motifs is 5. The van der Waals surface area contributed by atoms with Gasteiger partial charge in [0.2, 0.25) is 0 Å². The van der Waals surface area contributed by atoms with Crippen LogP contribution >= 0.6 is 11.3 Å². The fourth-order valence-electron chi connectivity index (χ4n) is 9.90. The number of ketones is 1. The molecule has 0 aliphatic carbocycles. The van der Waals surface area contributed by atoms with Gasteiger partial charge in [0.25, 0.3) is 0 Å². The van der Waals surface area contributed by atoms with Crippen molar-refractivity contribution in [1.29, 1.82) is 0 Å². The quantitative estimate of drug-likeness (QED) is 0.0669. The number of ether oxygens (including phenoxy) is 2. The molecule has 358 valence electrons. The van der Waals surface area contributed by atoms with Gasteiger partial charge in [-0.15, -0.1) is 11.3 Å². The van der Waals surface area contributed by atoms with E-state index in [-0.39, 0.29) is 18.4 Å². The number of rotatable bonds is 17. The predicted molar refractivity (Wildman–Crippen MR) is 305 cm³/mol. The zero-order valence-electron chi connectivity index (χ0n) is 41.0. The molecule has 0 aliphatic rings. The second kappa shape index (κ2) is 21.2. The molecule has 11 aromatic rings. The van der Waals surface area contributed by atoms with Gasteiger partial charge in [-0.2, -0.15) is 0 Å². The van der Waals surface area contributed by atoms with Crippen LogP contribution in [0.3, 0.4) is 0 Å². The van der Waals surface area contributed by atoms with Gasteiger partial charge in [-0.1, -0.05) is 146 Å². The Labute approximate surface area is 430 Å². The topological polar surface area (TPSA) is 59.1 Å². The Kier molecular flexibility index (Phi) is 13.6. The number of hydrogen-bond acceptors (Lipinski definition) is 7. The largest absolute Gasteiger partial charge is 0.463 e. The average Bonchev–Trinajstić information content (AvgIpc) is 3.81. The lowest BCUT2D eigenvalue weighted by molar-refractivity contribution is -0.144. The molecule has 0 unspecified atom stereocenters. The molecule has 0 radical (unpaired) electrons. The molecule has 10 aromatic carbocycles. The summed E-state index contributed by atoms with van der Waals surface area (Å²) in [4.78, 5) is 28.7. The first kappa shape index (κ1) is 47.0. The van der Waals surface area contributed by atoms with E-state index in [1.165, 1.54) is 47.5 Å². The Hall–Kier alpha value is -8.36. The molecular weight excluding hydrogens is 917 g/mol. The lowest BCUT2D eigenvalue weighted by Gasteiger charge is -2.27. The summed E-state index contributed by atoms with van der Waals surface area (Å²) in [6, 6.07) is 78.5. The number of hydrogen-bond donors (Lipinski definition) is 0. The molecule has 0 spiro atoms. The molecule has 1 heterocycles. The number of thiophene rings is 1. The van der Waals surface area contributed by atoms with Crippen LogP contribution in [0.2, 0.25) is 0 Å². The summed E-state index contributed by atoms with van der Waals surface area (Å²) in [6.45, 7) is 2.31. The standard InChI is InChI=1S/C66H54N2O4S/c1-45(69)17-18-46-19-30-54(31-20-46)67(62-15-7-11-50-9-3-5-13-58(50)62)56-34-24-48(25-35-56)52-28-38-60-61-39-29-53(44-65(61)73-64(60)43-52)49-26-36-57(37-27-49)68(63-16-8-12-51-10-4-6-14-59(51)63)55-32-21-47(22-33-55)23-40-66(70)72-42-41-71-2/h3-16,19-22,24-39,43-44H,17-18,23,40-42H2,1-2H3. The molecule has 0 aliphatic heterocycles. The Balaban J connectivity index is 0.861. The summed E-state index contributed by atoms with van der Waals surface area (Å²) in [6.07, 6.45) is 2.20. The maximum Gasteiger partial charge on any atom is 0.306 e. The molecule has 0 atom stereocenters. The summed E-state index contributed by atoms with van der Waals surface area (Å²) < 4.78 is 12.8. The molecule has 0 saturated heterocycles. The highest BCUT2D eigenvalue weighted by molar-refractivity contribution is 7.25. The number of benzene rings is 10. The molecule has 11 rings (SSSR count). The van der Waals surface area contributed by atoms with Crippen LogP contribution in [0.25, 0.3) is 64.0 Å². The third kappa shape index (κ3) is 10.1. The normalized spacial score (nSPS) is 11.4. The minimum atomic E-state index is -0.221. The van der Waals surface area contributed by atoms with Crippen LogP contribution in [0.5, 0.6) is 0 Å². The lowest BCUT2D eigenvalue weighted by atomic mass is 10.0. The molecule has 7 heteroatoms. The van der Waals surface area contributed by atoms with Gasteiger partial charge in [-0.05, 0) is 137 Å². The zero-order chi connectivity index (χ0) is 49.7. The van der Waals surface area contributed by atoms with Crippen molar-refractivity contribution in [3.8, 4) is 22.3 Å². The van der Waals surface area contributed by atoms with Gasteiger partial charge >= 0.3 is 5.97 Å². The number of anilines is 6. The lowest BCUT2D eigenvalue weighted by Crippen LogP contribution is -2.11. The van der Waals surface area contributed by atoms with E-state index in [2.05, 4.69) is 228 Å². The Morgan fingerprint density at radius 3 is 1.29 bits per heavy atom. The molecule has 0 saturated carbocycles. The van der Waals surface area contributed by atoms with E-state index >= 15 is 0 Å². The second-order valence-corrected chi connectivity index (χ2v) is 19.6. The summed E-state index contributed by atoms with van der Waals surface area (Å²) in [5.41, 5.74) is 13.3. The maximum absolute atomic E-state index is 12.3. The zero-order valence-corrected chi connectivity index (χ0v) is 41.8. The van der Waals surface area contributed by atoms with Crippen LogP contribution in [0.1, 0.15) is 30.9 Å². The van der Waals surface area contributed by atoms with Crippen LogP contribution in [-0.4, -0.2) is 32.1 Å². The Bertz CT molecular complexity index is 3740. The molecule has 0 bridgehead atoms. The summed E-state index contributed by atoms with van der Waals surface area (Å²) >= 11 is 1.84. The molecule has 1 aromatic heterocycles. The van der Waals surface area contributed by atoms with E-state index in [4.69, 9.17) is 9.47 Å². The van der Waals surface area contributed by atoms with Crippen molar-refractivity contribution in [3.63, 3.8) is 0 Å². The third-order valence-corrected chi connectivity index (χ3v) is 14.8. The van der Waals surface area contributed by atoms with Crippen molar-refractivity contribution in [2.24, 2.45) is 0 Å². The highest BCUT2D eigenvalue weighted by atomic mass is 32.1. The van der Waals surface area contributed by atoms with Gasteiger partial charge in [0, 0.05) is 73.6 Å². The Morgan fingerprint density at radius 1 is 0.425 bits per heavy atom. The van der Waals surface area contributed by atoms with Crippen molar-refractivity contribution >= 4 is 98.9 Å². The van der Waals surface area contributed by atoms with Crippen LogP contribution in [0.15, 0.2) is 218 Å². The van der Waals surface area contributed by atoms with Crippen molar-refractivity contribution < 1.29 is 19.1 Å². The molecule has 6 nitrogen and oxygen atoms in total. The molecule has 73 heavy (non-hydrogen) atoms. The van der Waals surface area contributed by atoms with E-state index in [1.54, 1.807) is 14.0 Å². The Morgan fingerprint density at radius 2 is 0.836 bits per heavy atom. The second-order valence-electron chi connectivity index (χ2n) is 18.5. The summed E-state index contributed by atoms with van der Waals surface area (Å²) in [5, 5.41) is 7.22. The number of carbonyl (C=O) groups is 2. The third-order valence-electron chi connectivity index (χ3n) is 13.7. The fourth-order valence-corrected chi connectivity index (χ4v) is 11.1. The SMILES string of the molecule is COCCOC(=O)CCc1ccc(N(c2ccc(-c3ccc4c(c3)sc3cc(-c5ccc(N(c6ccc(CCC(C)=O)cc6)c6cccc7ccccc67)cc5)ccc34)cc2)c2cccc3ccccc23)cc1. The first-order valence-electron chi connectivity index (χ1n) is 24.9. The van der Waals surface area contributed by atoms with Gasteiger partial charge in [0.05, 0.1) is 18.0 Å². The number of Topliss-reactive ketones (excluding diaryl/α,β-unsaturated/α-hetero) is 1. The van der Waals surface area contributed by atoms with Gasteiger partial charge < -0.3 is 24.1 Å². The van der Waals surface area contributed by atoms with Crippen LogP contribution in [-0.2, 0) is 31.9 Å². The smallest absolute Gasteiger partial charge is 0.306 e. The molecular formula is C66H54N2O4S. The fraction of sp³-hybridized carbons (Fsp3) is 0.121. The van der Waals surface area contributed by atoms with E-state index in [1.807, 2.05) is 11.3 Å². The number of methoxy groups -OCH3 is 1. The van der Waals surface area contributed by atoms with E-state index < -0.39 is 0 Å². The number of nitrogens with zero attached hydrogens (tertiary/aromatic N) is 2.